The van der Waals surface area contributed by atoms with E-state index in [1.807, 2.05) is 7.05 Å². The number of nitrogens with one attached hydrogen (secondary N) is 1. The second kappa shape index (κ2) is 6.35. The van der Waals surface area contributed by atoms with Crippen molar-refractivity contribution in [2.24, 2.45) is 0 Å². The van der Waals surface area contributed by atoms with Crippen LogP contribution in [-0.4, -0.2) is 26.8 Å². The van der Waals surface area contributed by atoms with Gasteiger partial charge < -0.3 is 14.8 Å². The third-order valence-corrected chi connectivity index (χ3v) is 4.98. The fourth-order valence-corrected chi connectivity index (χ4v) is 3.92. The zero-order valence-electron chi connectivity index (χ0n) is 12.1. The van der Waals surface area contributed by atoms with E-state index in [0.29, 0.717) is 0 Å². The van der Waals surface area contributed by atoms with Gasteiger partial charge in [-0.25, -0.2) is 0 Å². The predicted octanol–water partition coefficient (Wildman–Crippen LogP) is 3.25. The molecule has 3 nitrogen and oxygen atoms in total. The van der Waals surface area contributed by atoms with Gasteiger partial charge in [0.1, 0.15) is 11.5 Å². The minimum absolute atomic E-state index is 0.835. The number of benzene rings is 1. The zero-order valence-corrected chi connectivity index (χ0v) is 13.6. The third-order valence-electron chi connectivity index (χ3n) is 4.14. The normalized spacial score (nSPS) is 16.9. The van der Waals surface area contributed by atoms with Crippen LogP contribution in [0.25, 0.3) is 0 Å². The van der Waals surface area contributed by atoms with Crippen molar-refractivity contribution in [3.63, 3.8) is 0 Å². The van der Waals surface area contributed by atoms with Gasteiger partial charge in [0.2, 0.25) is 0 Å². The summed E-state index contributed by atoms with van der Waals surface area (Å²) < 4.78 is 13.1. The molecule has 1 aromatic rings. The molecule has 0 spiro atoms. The van der Waals surface area contributed by atoms with Gasteiger partial charge >= 0.3 is 0 Å². The summed E-state index contributed by atoms with van der Waals surface area (Å²) in [6.07, 6.45) is 6.62. The van der Waals surface area contributed by atoms with Gasteiger partial charge in [-0.1, -0.05) is 0 Å². The molecule has 0 aliphatic carbocycles. The number of halogens is 1. The smallest absolute Gasteiger partial charge is 0.137 e. The number of fused-ring (bicyclic) bond motifs is 2. The summed E-state index contributed by atoms with van der Waals surface area (Å²) in [4.78, 5) is 0. The summed E-state index contributed by atoms with van der Waals surface area (Å²) in [5.74, 6) is 2.23. The van der Waals surface area contributed by atoms with Gasteiger partial charge in [0.25, 0.3) is 0 Å². The minimum Gasteiger partial charge on any atom is -0.493 e. The van der Waals surface area contributed by atoms with Crippen molar-refractivity contribution in [3.05, 3.63) is 21.2 Å². The molecule has 2 aliphatic heterocycles. The number of hydrogen-bond donors (Lipinski definition) is 1. The Bertz CT molecular complexity index is 465. The molecule has 0 atom stereocenters. The quantitative estimate of drug-likeness (QED) is 0.854. The highest BCUT2D eigenvalue weighted by molar-refractivity contribution is 9.10. The molecule has 0 saturated heterocycles. The molecule has 4 heteroatoms. The van der Waals surface area contributed by atoms with Gasteiger partial charge in [0, 0.05) is 16.7 Å². The highest BCUT2D eigenvalue weighted by atomic mass is 79.9. The lowest BCUT2D eigenvalue weighted by Gasteiger charge is -2.29. The second-order valence-corrected chi connectivity index (χ2v) is 6.31. The topological polar surface area (TPSA) is 30.5 Å². The van der Waals surface area contributed by atoms with Crippen molar-refractivity contribution in [2.75, 3.05) is 26.8 Å². The Kier molecular flexibility index (Phi) is 4.51. The maximum Gasteiger partial charge on any atom is 0.137 e. The molecule has 2 aliphatic rings. The molecule has 3 rings (SSSR count). The van der Waals surface area contributed by atoms with Crippen LogP contribution in [0.1, 0.15) is 36.0 Å². The second-order valence-electron chi connectivity index (χ2n) is 5.52. The number of ether oxygens (including phenoxy) is 2. The fraction of sp³-hybridized carbons (Fsp3) is 0.625. The van der Waals surface area contributed by atoms with Crippen molar-refractivity contribution in [1.29, 1.82) is 0 Å². The standard InChI is InChI=1S/C16H22BrNO2/c1-18-8-2-5-11-12-6-3-10-20-16(12)14(17)13-7-4-9-19-15(11)13/h18H,2-10H2,1H3. The average molecular weight is 340 g/mol. The molecular formula is C16H22BrNO2. The number of rotatable bonds is 4. The molecule has 0 aromatic heterocycles. The van der Waals surface area contributed by atoms with E-state index in [-0.39, 0.29) is 0 Å². The van der Waals surface area contributed by atoms with E-state index >= 15 is 0 Å². The molecule has 0 bridgehead atoms. The Morgan fingerprint density at radius 2 is 1.75 bits per heavy atom. The molecule has 110 valence electrons. The zero-order chi connectivity index (χ0) is 13.9. The van der Waals surface area contributed by atoms with Crippen LogP contribution >= 0.6 is 15.9 Å². The molecule has 0 fully saturated rings. The van der Waals surface area contributed by atoms with Crippen LogP contribution in [0.4, 0.5) is 0 Å². The lowest BCUT2D eigenvalue weighted by molar-refractivity contribution is 0.267. The Labute approximate surface area is 129 Å². The minimum atomic E-state index is 0.835. The maximum atomic E-state index is 6.03. The molecule has 1 N–H and O–H groups in total. The van der Waals surface area contributed by atoms with Gasteiger partial charge in [0.05, 0.1) is 17.7 Å². The highest BCUT2D eigenvalue weighted by Gasteiger charge is 2.27. The summed E-state index contributed by atoms with van der Waals surface area (Å²) in [5.41, 5.74) is 4.09. The molecule has 0 saturated carbocycles. The molecule has 1 aromatic carbocycles. The first-order valence-corrected chi connectivity index (χ1v) is 8.38. The Morgan fingerprint density at radius 3 is 2.50 bits per heavy atom. The van der Waals surface area contributed by atoms with E-state index < -0.39 is 0 Å². The Morgan fingerprint density at radius 1 is 1.05 bits per heavy atom. The maximum absolute atomic E-state index is 6.03. The van der Waals surface area contributed by atoms with Crippen molar-refractivity contribution in [2.45, 2.75) is 38.5 Å². The summed E-state index contributed by atoms with van der Waals surface area (Å²) in [6, 6.07) is 0. The molecular weight excluding hydrogens is 318 g/mol. The van der Waals surface area contributed by atoms with E-state index in [1.54, 1.807) is 0 Å². The van der Waals surface area contributed by atoms with Crippen LogP contribution in [0.3, 0.4) is 0 Å². The largest absolute Gasteiger partial charge is 0.493 e. The molecule has 0 radical (unpaired) electrons. The van der Waals surface area contributed by atoms with Crippen molar-refractivity contribution in [3.8, 4) is 11.5 Å². The van der Waals surface area contributed by atoms with E-state index in [0.717, 1.165) is 74.3 Å². The van der Waals surface area contributed by atoms with E-state index in [1.165, 1.54) is 16.7 Å². The van der Waals surface area contributed by atoms with Crippen LogP contribution < -0.4 is 14.8 Å². The Hall–Kier alpha value is -0.740. The summed E-state index contributed by atoms with van der Waals surface area (Å²) in [6.45, 7) is 2.72. The van der Waals surface area contributed by atoms with Crippen LogP contribution in [0, 0.1) is 0 Å². The molecule has 20 heavy (non-hydrogen) atoms. The molecule has 0 amide bonds. The first-order valence-electron chi connectivity index (χ1n) is 7.59. The van der Waals surface area contributed by atoms with Crippen LogP contribution in [0.5, 0.6) is 11.5 Å². The summed E-state index contributed by atoms with van der Waals surface area (Å²) >= 11 is 3.75. The van der Waals surface area contributed by atoms with Gasteiger partial charge in [-0.15, -0.1) is 0 Å². The van der Waals surface area contributed by atoms with Crippen LogP contribution in [0.15, 0.2) is 4.47 Å². The van der Waals surface area contributed by atoms with E-state index in [2.05, 4.69) is 21.2 Å². The molecule has 0 unspecified atom stereocenters. The van der Waals surface area contributed by atoms with E-state index in [9.17, 15) is 0 Å². The molecule has 2 heterocycles. The van der Waals surface area contributed by atoms with Crippen molar-refractivity contribution in [1.82, 2.24) is 5.32 Å². The Balaban J connectivity index is 2.04. The SMILES string of the molecule is CNCCCc1c2c(c(Br)c3c1OCCC3)OCCC2. The first kappa shape index (κ1) is 14.2. The highest BCUT2D eigenvalue weighted by Crippen LogP contribution is 2.46. The van der Waals surface area contributed by atoms with Gasteiger partial charge in [0.15, 0.2) is 0 Å². The lowest BCUT2D eigenvalue weighted by atomic mass is 9.91. The van der Waals surface area contributed by atoms with Crippen LogP contribution in [-0.2, 0) is 19.3 Å². The lowest BCUT2D eigenvalue weighted by Crippen LogP contribution is -2.18. The monoisotopic (exact) mass is 339 g/mol. The van der Waals surface area contributed by atoms with Crippen molar-refractivity contribution < 1.29 is 9.47 Å². The number of hydrogen-bond acceptors (Lipinski definition) is 3. The first-order chi connectivity index (χ1) is 9.83. The fourth-order valence-electron chi connectivity index (χ4n) is 3.19. The summed E-state index contributed by atoms with van der Waals surface area (Å²) in [5, 5.41) is 3.23. The van der Waals surface area contributed by atoms with Gasteiger partial charge in [-0.3, -0.25) is 0 Å². The van der Waals surface area contributed by atoms with E-state index in [4.69, 9.17) is 9.47 Å². The third kappa shape index (κ3) is 2.56. The predicted molar refractivity (Wildman–Crippen MR) is 84.0 cm³/mol. The van der Waals surface area contributed by atoms with Crippen molar-refractivity contribution >= 4 is 15.9 Å². The van der Waals surface area contributed by atoms with Crippen LogP contribution in [0.2, 0.25) is 0 Å². The van der Waals surface area contributed by atoms with Gasteiger partial charge in [-0.2, -0.15) is 0 Å². The average Bonchev–Trinajstić information content (AvgIpc) is 2.51. The van der Waals surface area contributed by atoms with Gasteiger partial charge in [-0.05, 0) is 68.0 Å². The summed E-state index contributed by atoms with van der Waals surface area (Å²) in [7, 11) is 2.01.